The lowest BCUT2D eigenvalue weighted by molar-refractivity contribution is -0.113. The molecular formula is C20H20FN5O2S. The Morgan fingerprint density at radius 1 is 1.34 bits per heavy atom. The number of aliphatic hydroxyl groups excluding tert-OH is 1. The Morgan fingerprint density at radius 2 is 2.14 bits per heavy atom. The van der Waals surface area contributed by atoms with Crippen molar-refractivity contribution in [2.24, 2.45) is 0 Å². The third-order valence-corrected chi connectivity index (χ3v) is 5.54. The summed E-state index contributed by atoms with van der Waals surface area (Å²) < 4.78 is 14.9. The number of hydrogen-bond acceptors (Lipinski definition) is 6. The van der Waals surface area contributed by atoms with Crippen LogP contribution < -0.4 is 10.6 Å². The molecule has 7 nitrogen and oxygen atoms in total. The molecule has 3 aromatic rings. The highest BCUT2D eigenvalue weighted by Gasteiger charge is 2.34. The van der Waals surface area contributed by atoms with E-state index in [9.17, 15) is 9.18 Å². The third kappa shape index (κ3) is 3.92. The molecule has 1 unspecified atom stereocenters. The summed E-state index contributed by atoms with van der Waals surface area (Å²) in [5.41, 5.74) is 1.70. The average Bonchev–Trinajstić information content (AvgIpc) is 3.36. The molecule has 0 bridgehead atoms. The molecule has 1 aliphatic rings. The largest absolute Gasteiger partial charge is 0.396 e. The smallest absolute Gasteiger partial charge is 0.255 e. The summed E-state index contributed by atoms with van der Waals surface area (Å²) in [5.74, 6) is 0.512. The predicted molar refractivity (Wildman–Crippen MR) is 109 cm³/mol. The van der Waals surface area contributed by atoms with Crippen LogP contribution in [-0.4, -0.2) is 32.4 Å². The van der Waals surface area contributed by atoms with E-state index in [1.807, 2.05) is 24.4 Å². The van der Waals surface area contributed by atoms with Crippen LogP contribution >= 0.6 is 11.3 Å². The van der Waals surface area contributed by atoms with Crippen molar-refractivity contribution < 1.29 is 14.3 Å². The number of nitrogens with one attached hydrogen (secondary N) is 2. The van der Waals surface area contributed by atoms with Crippen molar-refractivity contribution in [1.82, 2.24) is 14.8 Å². The number of halogens is 1. The fourth-order valence-corrected chi connectivity index (χ4v) is 4.09. The van der Waals surface area contributed by atoms with E-state index in [-0.39, 0.29) is 18.3 Å². The summed E-state index contributed by atoms with van der Waals surface area (Å²) in [6, 6.07) is 9.10. The number of benzene rings is 1. The number of amides is 1. The van der Waals surface area contributed by atoms with E-state index in [4.69, 9.17) is 5.11 Å². The van der Waals surface area contributed by atoms with Gasteiger partial charge in [0.15, 0.2) is 5.82 Å². The summed E-state index contributed by atoms with van der Waals surface area (Å²) in [4.78, 5) is 18.6. The minimum absolute atomic E-state index is 0.0637. The molecule has 2 aromatic heterocycles. The van der Waals surface area contributed by atoms with Crippen molar-refractivity contribution in [1.29, 1.82) is 0 Å². The van der Waals surface area contributed by atoms with Gasteiger partial charge in [-0.1, -0.05) is 6.07 Å². The first kappa shape index (κ1) is 19.3. The van der Waals surface area contributed by atoms with Crippen molar-refractivity contribution >= 4 is 28.9 Å². The molecule has 150 valence electrons. The highest BCUT2D eigenvalue weighted by atomic mass is 32.1. The lowest BCUT2D eigenvalue weighted by Crippen LogP contribution is -2.31. The van der Waals surface area contributed by atoms with Gasteiger partial charge in [0, 0.05) is 29.3 Å². The third-order valence-electron chi connectivity index (χ3n) is 4.61. The lowest BCUT2D eigenvalue weighted by Gasteiger charge is -2.27. The molecule has 3 N–H and O–H groups in total. The normalized spacial score (nSPS) is 15.8. The number of rotatable bonds is 6. The van der Waals surface area contributed by atoms with Crippen LogP contribution in [0.2, 0.25) is 0 Å². The van der Waals surface area contributed by atoms with Crippen LogP contribution in [0.5, 0.6) is 0 Å². The maximum Gasteiger partial charge on any atom is 0.255 e. The second kappa shape index (κ2) is 8.14. The van der Waals surface area contributed by atoms with Gasteiger partial charge in [-0.2, -0.15) is 10.1 Å². The topological polar surface area (TPSA) is 92.1 Å². The van der Waals surface area contributed by atoms with Gasteiger partial charge in [-0.3, -0.25) is 4.79 Å². The average molecular weight is 413 g/mol. The maximum atomic E-state index is 13.2. The molecule has 0 fully saturated rings. The zero-order chi connectivity index (χ0) is 20.4. The number of thiophene rings is 1. The molecule has 0 saturated heterocycles. The molecular weight excluding hydrogens is 393 g/mol. The number of carbonyl (C=O) groups excluding carboxylic acids is 1. The lowest BCUT2D eigenvalue weighted by atomic mass is 10.0. The van der Waals surface area contributed by atoms with Gasteiger partial charge in [-0.15, -0.1) is 11.3 Å². The van der Waals surface area contributed by atoms with E-state index >= 15 is 0 Å². The Balaban J connectivity index is 1.70. The molecule has 0 spiro atoms. The van der Waals surface area contributed by atoms with Crippen molar-refractivity contribution in [3.8, 4) is 0 Å². The molecule has 1 aromatic carbocycles. The Bertz CT molecular complexity index is 1040. The zero-order valence-corrected chi connectivity index (χ0v) is 16.5. The highest BCUT2D eigenvalue weighted by molar-refractivity contribution is 7.10. The number of nitrogens with zero attached hydrogens (tertiary/aromatic N) is 3. The number of anilines is 2. The van der Waals surface area contributed by atoms with E-state index in [0.717, 1.165) is 4.88 Å². The molecule has 1 aliphatic heterocycles. The second-order valence-corrected chi connectivity index (χ2v) is 7.65. The quantitative estimate of drug-likeness (QED) is 0.577. The molecule has 1 amide bonds. The first-order chi connectivity index (χ1) is 14.1. The molecule has 3 heterocycles. The minimum atomic E-state index is -0.429. The first-order valence-electron chi connectivity index (χ1n) is 9.21. The van der Waals surface area contributed by atoms with Crippen LogP contribution in [0.25, 0.3) is 0 Å². The molecule has 0 aliphatic carbocycles. The fourth-order valence-electron chi connectivity index (χ4n) is 3.27. The Morgan fingerprint density at radius 3 is 2.83 bits per heavy atom. The Labute approximate surface area is 170 Å². The van der Waals surface area contributed by atoms with Gasteiger partial charge < -0.3 is 15.7 Å². The number of aromatic nitrogens is 3. The van der Waals surface area contributed by atoms with Gasteiger partial charge >= 0.3 is 0 Å². The van der Waals surface area contributed by atoms with Gasteiger partial charge in [-0.05, 0) is 49.1 Å². The van der Waals surface area contributed by atoms with E-state index in [0.29, 0.717) is 41.6 Å². The zero-order valence-electron chi connectivity index (χ0n) is 15.7. The minimum Gasteiger partial charge on any atom is -0.396 e. The van der Waals surface area contributed by atoms with Gasteiger partial charge in [-0.25, -0.2) is 9.07 Å². The summed E-state index contributed by atoms with van der Waals surface area (Å²) in [6.45, 7) is 1.89. The number of aryl methyl sites for hydroxylation is 1. The molecule has 9 heteroatoms. The van der Waals surface area contributed by atoms with Gasteiger partial charge in [0.1, 0.15) is 11.9 Å². The Hall–Kier alpha value is -3.04. The number of allylic oxidation sites excluding steroid dienone is 1. The number of aliphatic hydroxyl groups is 1. The number of hydrogen-bond donors (Lipinski definition) is 3. The van der Waals surface area contributed by atoms with Gasteiger partial charge in [0.2, 0.25) is 5.95 Å². The van der Waals surface area contributed by atoms with Crippen molar-refractivity contribution in [2.45, 2.75) is 25.8 Å². The van der Waals surface area contributed by atoms with Crippen LogP contribution in [-0.2, 0) is 11.2 Å². The summed E-state index contributed by atoms with van der Waals surface area (Å²) in [5, 5.41) is 21.6. The highest BCUT2D eigenvalue weighted by Crippen LogP contribution is 2.37. The summed E-state index contributed by atoms with van der Waals surface area (Å²) >= 11 is 1.53. The predicted octanol–water partition coefficient (Wildman–Crippen LogP) is 3.33. The number of fused-ring (bicyclic) bond motifs is 1. The van der Waals surface area contributed by atoms with Crippen LogP contribution in [0.1, 0.15) is 30.1 Å². The van der Waals surface area contributed by atoms with Crippen molar-refractivity contribution in [2.75, 3.05) is 17.2 Å². The molecule has 4 rings (SSSR count). The second-order valence-electron chi connectivity index (χ2n) is 6.67. The molecule has 1 atom stereocenters. The van der Waals surface area contributed by atoms with E-state index in [2.05, 4.69) is 20.7 Å². The maximum absolute atomic E-state index is 13.2. The van der Waals surface area contributed by atoms with E-state index < -0.39 is 6.04 Å². The van der Waals surface area contributed by atoms with Crippen LogP contribution in [0.15, 0.2) is 53.0 Å². The SMILES string of the molecule is CC1=C(C(=O)Nc2ccc(F)cc2)C(c2cccs2)n2nc(CCCO)nc2N1. The molecule has 0 saturated carbocycles. The van der Waals surface area contributed by atoms with E-state index in [1.165, 1.54) is 35.6 Å². The monoisotopic (exact) mass is 413 g/mol. The summed E-state index contributed by atoms with van der Waals surface area (Å²) in [7, 11) is 0. The van der Waals surface area contributed by atoms with E-state index in [1.54, 1.807) is 4.68 Å². The Kier molecular flexibility index (Phi) is 5.41. The van der Waals surface area contributed by atoms with Crippen LogP contribution in [0.4, 0.5) is 16.0 Å². The van der Waals surface area contributed by atoms with Crippen LogP contribution in [0, 0.1) is 5.82 Å². The standard InChI is InChI=1S/C20H20FN5O2S/c1-12-17(19(28)23-14-8-6-13(21)7-9-14)18(15-4-3-11-29-15)26-20(22-12)24-16(25-26)5-2-10-27/h3-4,6-9,11,18,27H,2,5,10H2,1H3,(H,23,28)(H,22,24,25). The first-order valence-corrected chi connectivity index (χ1v) is 10.1. The van der Waals surface area contributed by atoms with Gasteiger partial charge in [0.25, 0.3) is 5.91 Å². The fraction of sp³-hybridized carbons (Fsp3) is 0.250. The van der Waals surface area contributed by atoms with Crippen molar-refractivity contribution in [3.05, 3.63) is 69.6 Å². The van der Waals surface area contributed by atoms with Crippen LogP contribution in [0.3, 0.4) is 0 Å². The number of carbonyl (C=O) groups is 1. The van der Waals surface area contributed by atoms with Crippen molar-refractivity contribution in [3.63, 3.8) is 0 Å². The molecule has 0 radical (unpaired) electrons. The van der Waals surface area contributed by atoms with Gasteiger partial charge in [0.05, 0.1) is 5.57 Å². The molecule has 29 heavy (non-hydrogen) atoms. The summed E-state index contributed by atoms with van der Waals surface area (Å²) in [6.07, 6.45) is 1.11.